The van der Waals surface area contributed by atoms with Crippen LogP contribution in [0.15, 0.2) is 48.8 Å². The number of fused-ring (bicyclic) bond motifs is 2. The maximum Gasteiger partial charge on any atom is 0.252 e. The number of benzene rings is 2. The summed E-state index contributed by atoms with van der Waals surface area (Å²) in [6.07, 6.45) is 4.14. The zero-order valence-electron chi connectivity index (χ0n) is 13.7. The van der Waals surface area contributed by atoms with Crippen molar-refractivity contribution in [3.63, 3.8) is 0 Å². The standard InChI is InChI=1S/C20H18FN3O/c21-16-8-13-4-6-23-12-19(13)18(9-16)20(25)24-11-15-3-1-2-14-10-22-7-5-17(14)15/h1-4,6,8-9,12,22H,5,7,10-11H2,(H,24,25). The van der Waals surface area contributed by atoms with Crippen molar-refractivity contribution in [1.82, 2.24) is 15.6 Å². The molecule has 0 fully saturated rings. The average molecular weight is 335 g/mol. The Labute approximate surface area is 145 Å². The third-order valence-electron chi connectivity index (χ3n) is 4.64. The zero-order valence-corrected chi connectivity index (χ0v) is 13.7. The lowest BCUT2D eigenvalue weighted by Gasteiger charge is -2.20. The second-order valence-corrected chi connectivity index (χ2v) is 6.21. The molecule has 0 bridgehead atoms. The van der Waals surface area contributed by atoms with Gasteiger partial charge < -0.3 is 10.6 Å². The van der Waals surface area contributed by atoms with Crippen molar-refractivity contribution in [3.8, 4) is 0 Å². The lowest BCUT2D eigenvalue weighted by atomic mass is 9.95. The maximum absolute atomic E-state index is 13.8. The summed E-state index contributed by atoms with van der Waals surface area (Å²) in [7, 11) is 0. The minimum absolute atomic E-state index is 0.288. The van der Waals surface area contributed by atoms with Gasteiger partial charge in [0, 0.05) is 30.9 Å². The molecular formula is C20H18FN3O. The van der Waals surface area contributed by atoms with Gasteiger partial charge in [0.2, 0.25) is 0 Å². The Morgan fingerprint density at radius 2 is 2.20 bits per heavy atom. The van der Waals surface area contributed by atoms with Gasteiger partial charge in [-0.15, -0.1) is 0 Å². The summed E-state index contributed by atoms with van der Waals surface area (Å²) in [5.74, 6) is -0.712. The molecule has 25 heavy (non-hydrogen) atoms. The molecule has 0 unspecified atom stereocenters. The summed E-state index contributed by atoms with van der Waals surface area (Å²) in [5.41, 5.74) is 4.01. The summed E-state index contributed by atoms with van der Waals surface area (Å²) < 4.78 is 13.8. The molecule has 2 aromatic carbocycles. The van der Waals surface area contributed by atoms with Crippen LogP contribution >= 0.6 is 0 Å². The number of rotatable bonds is 3. The van der Waals surface area contributed by atoms with E-state index >= 15 is 0 Å². The molecule has 0 radical (unpaired) electrons. The number of hydrogen-bond acceptors (Lipinski definition) is 3. The minimum Gasteiger partial charge on any atom is -0.348 e. The minimum atomic E-state index is -0.424. The highest BCUT2D eigenvalue weighted by Crippen LogP contribution is 2.21. The molecule has 0 saturated heterocycles. The Hall–Kier alpha value is -2.79. The molecule has 2 N–H and O–H groups in total. The van der Waals surface area contributed by atoms with Crippen molar-refractivity contribution >= 4 is 16.7 Å². The Morgan fingerprint density at radius 3 is 3.12 bits per heavy atom. The van der Waals surface area contributed by atoms with Crippen LogP contribution in [-0.4, -0.2) is 17.4 Å². The molecule has 5 heteroatoms. The van der Waals surface area contributed by atoms with Gasteiger partial charge in [0.15, 0.2) is 0 Å². The van der Waals surface area contributed by atoms with Crippen LogP contribution in [0.5, 0.6) is 0 Å². The van der Waals surface area contributed by atoms with Crippen LogP contribution in [0.2, 0.25) is 0 Å². The highest BCUT2D eigenvalue weighted by Gasteiger charge is 2.15. The molecule has 3 aromatic rings. The predicted molar refractivity (Wildman–Crippen MR) is 94.7 cm³/mol. The Balaban J connectivity index is 1.60. The molecular weight excluding hydrogens is 317 g/mol. The van der Waals surface area contributed by atoms with Gasteiger partial charge in [-0.1, -0.05) is 18.2 Å². The van der Waals surface area contributed by atoms with E-state index in [4.69, 9.17) is 0 Å². The molecule has 4 nitrogen and oxygen atoms in total. The first-order valence-electron chi connectivity index (χ1n) is 8.34. The average Bonchev–Trinajstić information content (AvgIpc) is 2.65. The van der Waals surface area contributed by atoms with Crippen LogP contribution in [0.1, 0.15) is 27.0 Å². The van der Waals surface area contributed by atoms with Gasteiger partial charge in [-0.05, 0) is 53.2 Å². The number of amides is 1. The van der Waals surface area contributed by atoms with E-state index < -0.39 is 5.82 Å². The molecule has 1 aliphatic heterocycles. The normalized spacial score (nSPS) is 13.5. The van der Waals surface area contributed by atoms with E-state index in [9.17, 15) is 9.18 Å². The third kappa shape index (κ3) is 3.10. The van der Waals surface area contributed by atoms with E-state index in [1.54, 1.807) is 18.5 Å². The molecule has 2 heterocycles. The fraction of sp³-hybridized carbons (Fsp3) is 0.200. The van der Waals surface area contributed by atoms with Gasteiger partial charge in [-0.2, -0.15) is 0 Å². The Morgan fingerprint density at radius 1 is 1.28 bits per heavy atom. The molecule has 0 spiro atoms. The SMILES string of the molecule is O=C(NCc1cccc2c1CCNC2)c1cc(F)cc2ccncc12. The van der Waals surface area contributed by atoms with E-state index in [1.165, 1.54) is 23.3 Å². The van der Waals surface area contributed by atoms with E-state index in [1.807, 2.05) is 12.1 Å². The first-order valence-corrected chi connectivity index (χ1v) is 8.34. The topological polar surface area (TPSA) is 54.0 Å². The first-order chi connectivity index (χ1) is 12.2. The molecule has 1 aliphatic rings. The number of nitrogens with one attached hydrogen (secondary N) is 2. The summed E-state index contributed by atoms with van der Waals surface area (Å²) in [4.78, 5) is 16.7. The van der Waals surface area contributed by atoms with Crippen LogP contribution in [0.3, 0.4) is 0 Å². The van der Waals surface area contributed by atoms with Crippen LogP contribution in [-0.2, 0) is 19.5 Å². The van der Waals surface area contributed by atoms with Crippen LogP contribution in [0.25, 0.3) is 10.8 Å². The Bertz CT molecular complexity index is 955. The first kappa shape index (κ1) is 15.7. The fourth-order valence-electron chi connectivity index (χ4n) is 3.40. The quantitative estimate of drug-likeness (QED) is 0.774. The summed E-state index contributed by atoms with van der Waals surface area (Å²) in [5, 5.41) is 7.60. The smallest absolute Gasteiger partial charge is 0.252 e. The monoisotopic (exact) mass is 335 g/mol. The summed E-state index contributed by atoms with van der Waals surface area (Å²) in [6, 6.07) is 10.5. The van der Waals surface area contributed by atoms with E-state index in [-0.39, 0.29) is 5.91 Å². The van der Waals surface area contributed by atoms with E-state index in [2.05, 4.69) is 21.7 Å². The number of carbonyl (C=O) groups excluding carboxylic acids is 1. The van der Waals surface area contributed by atoms with Gasteiger partial charge in [-0.3, -0.25) is 9.78 Å². The number of halogens is 1. The number of pyridine rings is 1. The number of aromatic nitrogens is 1. The Kier molecular flexibility index (Phi) is 4.15. The lowest BCUT2D eigenvalue weighted by Crippen LogP contribution is -2.27. The predicted octanol–water partition coefficient (Wildman–Crippen LogP) is 2.95. The molecule has 4 rings (SSSR count). The second kappa shape index (κ2) is 6.61. The lowest BCUT2D eigenvalue weighted by molar-refractivity contribution is 0.0952. The molecule has 1 amide bonds. The van der Waals surface area contributed by atoms with Crippen molar-refractivity contribution in [3.05, 3.63) is 76.9 Å². The maximum atomic E-state index is 13.8. The number of carbonyl (C=O) groups is 1. The van der Waals surface area contributed by atoms with Gasteiger partial charge in [0.1, 0.15) is 5.82 Å². The van der Waals surface area contributed by atoms with Gasteiger partial charge >= 0.3 is 0 Å². The highest BCUT2D eigenvalue weighted by molar-refractivity contribution is 6.06. The van der Waals surface area contributed by atoms with Crippen LogP contribution in [0, 0.1) is 5.82 Å². The zero-order chi connectivity index (χ0) is 17.2. The van der Waals surface area contributed by atoms with Crippen LogP contribution in [0.4, 0.5) is 4.39 Å². The largest absolute Gasteiger partial charge is 0.348 e. The molecule has 0 saturated carbocycles. The van der Waals surface area contributed by atoms with Crippen molar-refractivity contribution in [2.75, 3.05) is 6.54 Å². The number of hydrogen-bond donors (Lipinski definition) is 2. The summed E-state index contributed by atoms with van der Waals surface area (Å²) >= 11 is 0. The van der Waals surface area contributed by atoms with E-state index in [0.29, 0.717) is 22.9 Å². The molecule has 126 valence electrons. The van der Waals surface area contributed by atoms with Crippen LogP contribution < -0.4 is 10.6 Å². The second-order valence-electron chi connectivity index (χ2n) is 6.21. The van der Waals surface area contributed by atoms with Gasteiger partial charge in [-0.25, -0.2) is 4.39 Å². The van der Waals surface area contributed by atoms with E-state index in [0.717, 1.165) is 25.1 Å². The molecule has 1 aromatic heterocycles. The number of nitrogens with zero attached hydrogens (tertiary/aromatic N) is 1. The molecule has 0 aliphatic carbocycles. The van der Waals surface area contributed by atoms with Gasteiger partial charge in [0.05, 0.1) is 5.56 Å². The third-order valence-corrected chi connectivity index (χ3v) is 4.64. The van der Waals surface area contributed by atoms with Gasteiger partial charge in [0.25, 0.3) is 5.91 Å². The summed E-state index contributed by atoms with van der Waals surface area (Å²) in [6.45, 7) is 2.23. The van der Waals surface area contributed by atoms with Crippen molar-refractivity contribution in [2.45, 2.75) is 19.5 Å². The highest BCUT2D eigenvalue weighted by atomic mass is 19.1. The molecule has 0 atom stereocenters. The van der Waals surface area contributed by atoms with Crippen molar-refractivity contribution < 1.29 is 9.18 Å². The fourth-order valence-corrected chi connectivity index (χ4v) is 3.40. The van der Waals surface area contributed by atoms with Crippen molar-refractivity contribution in [2.24, 2.45) is 0 Å². The van der Waals surface area contributed by atoms with Crippen molar-refractivity contribution in [1.29, 1.82) is 0 Å².